The first kappa shape index (κ1) is 13.3. The van der Waals surface area contributed by atoms with Gasteiger partial charge in [0.1, 0.15) is 5.69 Å². The fourth-order valence-corrected chi connectivity index (χ4v) is 2.35. The van der Waals surface area contributed by atoms with E-state index in [2.05, 4.69) is 5.10 Å². The average Bonchev–Trinajstić information content (AvgIpc) is 2.85. The van der Waals surface area contributed by atoms with Crippen molar-refractivity contribution >= 4 is 16.7 Å². The molecular weight excluding hydrogens is 271 g/mol. The topological polar surface area (TPSA) is 44.1 Å². The molecule has 106 valence electrons. The van der Waals surface area contributed by atoms with Gasteiger partial charge in [-0.05, 0) is 18.2 Å². The van der Waals surface area contributed by atoms with E-state index >= 15 is 0 Å². The Morgan fingerprint density at radius 2 is 1.95 bits per heavy atom. The summed E-state index contributed by atoms with van der Waals surface area (Å²) in [5.74, 6) is -1.08. The smallest absolute Gasteiger partial charge is 0.216 e. The fourth-order valence-electron chi connectivity index (χ4n) is 2.35. The van der Waals surface area contributed by atoms with Crippen LogP contribution in [0.4, 0.5) is 4.39 Å². The normalized spacial score (nSPS) is 10.8. The Labute approximate surface area is 120 Å². The number of hydrogen-bond acceptors (Lipinski definition) is 3. The minimum Gasteiger partial charge on any atom is -0.494 e. The van der Waals surface area contributed by atoms with Crippen molar-refractivity contribution in [2.45, 2.75) is 0 Å². The highest BCUT2D eigenvalue weighted by atomic mass is 19.1. The van der Waals surface area contributed by atoms with Crippen LogP contribution < -0.4 is 4.74 Å². The van der Waals surface area contributed by atoms with Gasteiger partial charge in [0, 0.05) is 12.4 Å². The number of para-hydroxylation sites is 1. The van der Waals surface area contributed by atoms with Crippen molar-refractivity contribution in [2.75, 3.05) is 7.11 Å². The van der Waals surface area contributed by atoms with Gasteiger partial charge in [-0.15, -0.1) is 0 Å². The van der Waals surface area contributed by atoms with E-state index < -0.39 is 11.6 Å². The monoisotopic (exact) mass is 284 g/mol. The standard InChI is InChI=1S/C16H13FN2O2/c1-19-12-8-4-3-6-10(12)15(18-19)16(20)11-7-5-9-13(21-2)14(11)17/h3-9H,1-2H3. The molecule has 3 rings (SSSR count). The van der Waals surface area contributed by atoms with Crippen molar-refractivity contribution in [1.82, 2.24) is 9.78 Å². The summed E-state index contributed by atoms with van der Waals surface area (Å²) in [6, 6.07) is 11.8. The molecule has 21 heavy (non-hydrogen) atoms. The van der Waals surface area contributed by atoms with Crippen LogP contribution in [0, 0.1) is 5.82 Å². The maximum absolute atomic E-state index is 14.2. The lowest BCUT2D eigenvalue weighted by atomic mass is 10.0. The first-order chi connectivity index (χ1) is 10.1. The molecule has 5 heteroatoms. The number of benzene rings is 2. The first-order valence-electron chi connectivity index (χ1n) is 6.42. The third kappa shape index (κ3) is 2.07. The van der Waals surface area contributed by atoms with Crippen molar-refractivity contribution in [2.24, 2.45) is 7.05 Å². The molecule has 0 spiro atoms. The van der Waals surface area contributed by atoms with Crippen molar-refractivity contribution in [3.05, 3.63) is 59.5 Å². The molecule has 0 amide bonds. The molecule has 0 fully saturated rings. The number of hydrogen-bond donors (Lipinski definition) is 0. The number of aromatic nitrogens is 2. The SMILES string of the molecule is COc1cccc(C(=O)c2nn(C)c3ccccc23)c1F. The largest absolute Gasteiger partial charge is 0.494 e. The van der Waals surface area contributed by atoms with E-state index in [0.717, 1.165) is 5.52 Å². The van der Waals surface area contributed by atoms with Crippen molar-refractivity contribution in [3.63, 3.8) is 0 Å². The Balaban J connectivity index is 2.18. The van der Waals surface area contributed by atoms with Crippen LogP contribution in [-0.2, 0) is 7.05 Å². The molecule has 0 radical (unpaired) electrons. The molecular formula is C16H13FN2O2. The lowest BCUT2D eigenvalue weighted by Gasteiger charge is -2.05. The van der Waals surface area contributed by atoms with Crippen LogP contribution >= 0.6 is 0 Å². The van der Waals surface area contributed by atoms with Crippen LogP contribution in [0.25, 0.3) is 10.9 Å². The molecule has 0 atom stereocenters. The quantitative estimate of drug-likeness (QED) is 0.695. The maximum atomic E-state index is 14.2. The molecule has 1 heterocycles. The number of carbonyl (C=O) groups excluding carboxylic acids is 1. The Morgan fingerprint density at radius 1 is 1.19 bits per heavy atom. The van der Waals surface area contributed by atoms with Crippen LogP contribution in [-0.4, -0.2) is 22.7 Å². The third-order valence-corrected chi connectivity index (χ3v) is 3.40. The highest BCUT2D eigenvalue weighted by Gasteiger charge is 2.22. The molecule has 4 nitrogen and oxygen atoms in total. The van der Waals surface area contributed by atoms with Gasteiger partial charge in [-0.1, -0.05) is 24.3 Å². The van der Waals surface area contributed by atoms with E-state index in [9.17, 15) is 9.18 Å². The second-order valence-corrected chi connectivity index (χ2v) is 4.64. The van der Waals surface area contributed by atoms with Gasteiger partial charge in [0.15, 0.2) is 11.6 Å². The lowest BCUT2D eigenvalue weighted by Crippen LogP contribution is -2.07. The Kier molecular flexibility index (Phi) is 3.17. The first-order valence-corrected chi connectivity index (χ1v) is 6.42. The summed E-state index contributed by atoms with van der Waals surface area (Å²) < 4.78 is 20.8. The van der Waals surface area contributed by atoms with Gasteiger partial charge in [0.2, 0.25) is 5.78 Å². The highest BCUT2D eigenvalue weighted by Crippen LogP contribution is 2.25. The molecule has 0 aliphatic carbocycles. The van der Waals surface area contributed by atoms with Crippen LogP contribution in [0.15, 0.2) is 42.5 Å². The van der Waals surface area contributed by atoms with Gasteiger partial charge in [0.05, 0.1) is 18.2 Å². The van der Waals surface area contributed by atoms with Gasteiger partial charge < -0.3 is 4.74 Å². The zero-order chi connectivity index (χ0) is 15.0. The minimum atomic E-state index is -0.667. The minimum absolute atomic E-state index is 0.0427. The molecule has 0 aliphatic heterocycles. The summed E-state index contributed by atoms with van der Waals surface area (Å²) in [6.45, 7) is 0. The second kappa shape index (κ2) is 5.01. The van der Waals surface area contributed by atoms with Gasteiger partial charge >= 0.3 is 0 Å². The molecule has 0 aliphatic rings. The molecule has 0 bridgehead atoms. The molecule has 0 N–H and O–H groups in total. The van der Waals surface area contributed by atoms with Gasteiger partial charge in [-0.25, -0.2) is 4.39 Å². The summed E-state index contributed by atoms with van der Waals surface area (Å²) in [5.41, 5.74) is 1.02. The summed E-state index contributed by atoms with van der Waals surface area (Å²) in [6.07, 6.45) is 0. The van der Waals surface area contributed by atoms with E-state index in [4.69, 9.17) is 4.74 Å². The van der Waals surface area contributed by atoms with Crippen molar-refractivity contribution in [1.29, 1.82) is 0 Å². The van der Waals surface area contributed by atoms with E-state index in [0.29, 0.717) is 5.39 Å². The fraction of sp³-hybridized carbons (Fsp3) is 0.125. The molecule has 0 unspecified atom stereocenters. The summed E-state index contributed by atoms with van der Waals surface area (Å²) in [4.78, 5) is 12.6. The number of aryl methyl sites for hydroxylation is 1. The molecule has 3 aromatic rings. The third-order valence-electron chi connectivity index (χ3n) is 3.40. The highest BCUT2D eigenvalue weighted by molar-refractivity contribution is 6.15. The van der Waals surface area contributed by atoms with Crippen molar-refractivity contribution < 1.29 is 13.9 Å². The molecule has 0 saturated heterocycles. The number of methoxy groups -OCH3 is 1. The molecule has 0 saturated carbocycles. The van der Waals surface area contributed by atoms with Crippen LogP contribution in [0.1, 0.15) is 16.1 Å². The van der Waals surface area contributed by atoms with Crippen molar-refractivity contribution in [3.8, 4) is 5.75 Å². The van der Waals surface area contributed by atoms with Gasteiger partial charge in [-0.3, -0.25) is 9.48 Å². The van der Waals surface area contributed by atoms with E-state index in [1.165, 1.54) is 19.2 Å². The molecule has 2 aromatic carbocycles. The average molecular weight is 284 g/mol. The number of ether oxygens (including phenoxy) is 1. The van der Waals surface area contributed by atoms with Crippen LogP contribution in [0.3, 0.4) is 0 Å². The Morgan fingerprint density at radius 3 is 2.71 bits per heavy atom. The van der Waals surface area contributed by atoms with Crippen LogP contribution in [0.2, 0.25) is 0 Å². The van der Waals surface area contributed by atoms with E-state index in [1.54, 1.807) is 23.9 Å². The van der Waals surface area contributed by atoms with Gasteiger partial charge in [0.25, 0.3) is 0 Å². The summed E-state index contributed by atoms with van der Waals surface area (Å²) >= 11 is 0. The van der Waals surface area contributed by atoms with Gasteiger partial charge in [-0.2, -0.15) is 5.10 Å². The second-order valence-electron chi connectivity index (χ2n) is 4.64. The number of ketones is 1. The number of halogens is 1. The maximum Gasteiger partial charge on any atom is 0.216 e. The predicted molar refractivity (Wildman–Crippen MR) is 77.1 cm³/mol. The number of carbonyl (C=O) groups is 1. The van der Waals surface area contributed by atoms with E-state index in [1.807, 2.05) is 18.2 Å². The number of rotatable bonds is 3. The zero-order valence-corrected chi connectivity index (χ0v) is 11.6. The zero-order valence-electron chi connectivity index (χ0n) is 11.6. The van der Waals surface area contributed by atoms with E-state index in [-0.39, 0.29) is 17.0 Å². The Hall–Kier alpha value is -2.69. The number of fused-ring (bicyclic) bond motifs is 1. The summed E-state index contributed by atoms with van der Waals surface area (Å²) in [7, 11) is 3.11. The summed E-state index contributed by atoms with van der Waals surface area (Å²) in [5, 5.41) is 4.92. The Bertz CT molecular complexity index is 839. The number of nitrogens with zero attached hydrogens (tertiary/aromatic N) is 2. The molecule has 1 aromatic heterocycles. The lowest BCUT2D eigenvalue weighted by molar-refractivity contribution is 0.103. The van der Waals surface area contributed by atoms with Crippen LogP contribution in [0.5, 0.6) is 5.75 Å². The predicted octanol–water partition coefficient (Wildman–Crippen LogP) is 2.95.